The predicted octanol–water partition coefficient (Wildman–Crippen LogP) is -2.55. The highest BCUT2D eigenvalue weighted by Gasteiger charge is 2.38. The third-order valence-corrected chi connectivity index (χ3v) is 5.53. The topological polar surface area (TPSA) is 217 Å². The first kappa shape index (κ1) is 26.2. The van der Waals surface area contributed by atoms with Crippen molar-refractivity contribution in [3.05, 3.63) is 18.2 Å². The van der Waals surface area contributed by atoms with Gasteiger partial charge in [-0.15, -0.1) is 0 Å². The Morgan fingerprint density at radius 2 is 2.00 bits per heavy atom. The molecule has 1 aromatic heterocycles. The molecular weight excluding hydrogens is 434 g/mol. The van der Waals surface area contributed by atoms with Crippen LogP contribution in [0, 0.1) is 0 Å². The van der Waals surface area contributed by atoms with Crippen molar-refractivity contribution in [2.75, 3.05) is 19.7 Å². The van der Waals surface area contributed by atoms with Gasteiger partial charge in [0, 0.05) is 24.9 Å². The van der Waals surface area contributed by atoms with Gasteiger partial charge in [0.1, 0.15) is 18.1 Å². The van der Waals surface area contributed by atoms with E-state index in [2.05, 4.69) is 20.6 Å². The molecular formula is C20H33N7O6. The molecule has 0 radical (unpaired) electrons. The summed E-state index contributed by atoms with van der Waals surface area (Å²) in [6, 6.07) is -4.17. The van der Waals surface area contributed by atoms with Gasteiger partial charge in [-0.05, 0) is 38.6 Å². The van der Waals surface area contributed by atoms with Crippen LogP contribution in [0.25, 0.3) is 0 Å². The molecule has 2 rings (SSSR count). The summed E-state index contributed by atoms with van der Waals surface area (Å²) >= 11 is 0. The number of aliphatic carboxylic acids is 1. The number of hydrogen-bond acceptors (Lipinski definition) is 8. The Hall–Kier alpha value is -3.03. The zero-order chi connectivity index (χ0) is 24.4. The zero-order valence-corrected chi connectivity index (χ0v) is 18.4. The number of likely N-dealkylation sites (tertiary alicyclic amines) is 1. The fourth-order valence-corrected chi connectivity index (χ4v) is 3.71. The fourth-order valence-electron chi connectivity index (χ4n) is 3.71. The van der Waals surface area contributed by atoms with E-state index >= 15 is 0 Å². The number of aliphatic hydroxyl groups excluding tert-OH is 1. The summed E-state index contributed by atoms with van der Waals surface area (Å²) < 4.78 is 0. The molecule has 1 aromatic rings. The van der Waals surface area contributed by atoms with E-state index in [0.29, 0.717) is 44.3 Å². The number of carbonyl (C=O) groups excluding carboxylic acids is 3. The number of nitrogens with zero attached hydrogens (tertiary/aromatic N) is 2. The standard InChI is InChI=1S/C20H33N7O6/c21-6-2-1-4-14(25-17(29)13(22)8-12-9-23-11-24-12)19(31)27-7-3-5-16(27)18(30)26-15(10-28)20(32)33/h9,11,13-16,28H,1-8,10,21-22H2,(H,23,24)(H,25,29)(H,26,30)(H,32,33). The van der Waals surface area contributed by atoms with Crippen molar-refractivity contribution in [1.29, 1.82) is 0 Å². The normalized spacial score (nSPS) is 18.4. The second-order valence-electron chi connectivity index (χ2n) is 8.00. The summed E-state index contributed by atoms with van der Waals surface area (Å²) in [5.41, 5.74) is 12.2. The highest BCUT2D eigenvalue weighted by molar-refractivity contribution is 5.94. The Morgan fingerprint density at radius 1 is 1.24 bits per heavy atom. The average molecular weight is 468 g/mol. The van der Waals surface area contributed by atoms with Crippen LogP contribution in [0.15, 0.2) is 12.5 Å². The SMILES string of the molecule is NCCCCC(NC(=O)C(N)Cc1cnc[nH]1)C(=O)N1CCCC1C(=O)NC(CO)C(=O)O. The van der Waals surface area contributed by atoms with Gasteiger partial charge < -0.3 is 42.2 Å². The van der Waals surface area contributed by atoms with Crippen molar-refractivity contribution in [3.63, 3.8) is 0 Å². The van der Waals surface area contributed by atoms with Gasteiger partial charge in [-0.3, -0.25) is 14.4 Å². The molecule has 9 N–H and O–H groups in total. The molecule has 4 unspecified atom stereocenters. The van der Waals surface area contributed by atoms with Gasteiger partial charge in [-0.1, -0.05) is 0 Å². The van der Waals surface area contributed by atoms with Crippen molar-refractivity contribution in [3.8, 4) is 0 Å². The zero-order valence-electron chi connectivity index (χ0n) is 18.4. The molecule has 13 nitrogen and oxygen atoms in total. The van der Waals surface area contributed by atoms with Crippen LogP contribution in [-0.2, 0) is 25.6 Å². The van der Waals surface area contributed by atoms with E-state index in [1.54, 1.807) is 6.20 Å². The minimum atomic E-state index is -1.46. The van der Waals surface area contributed by atoms with Crippen LogP contribution in [0.5, 0.6) is 0 Å². The summed E-state index contributed by atoms with van der Waals surface area (Å²) in [6.45, 7) is -0.0500. The molecule has 1 saturated heterocycles. The van der Waals surface area contributed by atoms with E-state index in [9.17, 15) is 19.2 Å². The average Bonchev–Trinajstić information content (AvgIpc) is 3.48. The quantitative estimate of drug-likeness (QED) is 0.152. The number of carboxylic acids is 1. The summed E-state index contributed by atoms with van der Waals surface area (Å²) in [5.74, 6) is -2.99. The predicted molar refractivity (Wildman–Crippen MR) is 116 cm³/mol. The van der Waals surface area contributed by atoms with Gasteiger partial charge in [0.2, 0.25) is 17.7 Å². The van der Waals surface area contributed by atoms with Gasteiger partial charge in [0.05, 0.1) is 19.0 Å². The summed E-state index contributed by atoms with van der Waals surface area (Å²) in [6.07, 6.45) is 5.69. The number of rotatable bonds is 13. The molecule has 33 heavy (non-hydrogen) atoms. The smallest absolute Gasteiger partial charge is 0.328 e. The van der Waals surface area contributed by atoms with E-state index < -0.39 is 54.5 Å². The molecule has 0 bridgehead atoms. The summed E-state index contributed by atoms with van der Waals surface area (Å²) in [5, 5.41) is 23.2. The maximum Gasteiger partial charge on any atom is 0.328 e. The molecule has 184 valence electrons. The Balaban J connectivity index is 2.08. The second kappa shape index (κ2) is 12.9. The number of aliphatic hydroxyl groups is 1. The second-order valence-corrected chi connectivity index (χ2v) is 8.00. The number of unbranched alkanes of at least 4 members (excludes halogenated alkanes) is 1. The van der Waals surface area contributed by atoms with Crippen LogP contribution >= 0.6 is 0 Å². The largest absolute Gasteiger partial charge is 0.480 e. The molecule has 0 aliphatic carbocycles. The van der Waals surface area contributed by atoms with Crippen LogP contribution in [-0.4, -0.2) is 92.6 Å². The van der Waals surface area contributed by atoms with Crippen molar-refractivity contribution in [1.82, 2.24) is 25.5 Å². The molecule has 4 atom stereocenters. The molecule has 0 aromatic carbocycles. The molecule has 1 aliphatic rings. The minimum absolute atomic E-state index is 0.210. The Morgan fingerprint density at radius 3 is 2.61 bits per heavy atom. The highest BCUT2D eigenvalue weighted by Crippen LogP contribution is 2.20. The third-order valence-electron chi connectivity index (χ3n) is 5.53. The highest BCUT2D eigenvalue weighted by atomic mass is 16.4. The molecule has 13 heteroatoms. The lowest BCUT2D eigenvalue weighted by Crippen LogP contribution is -2.57. The van der Waals surface area contributed by atoms with Gasteiger partial charge in [-0.2, -0.15) is 0 Å². The first-order valence-electron chi connectivity index (χ1n) is 11.0. The molecule has 1 fully saturated rings. The first-order valence-corrected chi connectivity index (χ1v) is 11.0. The molecule has 1 aliphatic heterocycles. The van der Waals surface area contributed by atoms with Crippen LogP contribution in [0.1, 0.15) is 37.8 Å². The van der Waals surface area contributed by atoms with Crippen LogP contribution in [0.2, 0.25) is 0 Å². The Labute approximate surface area is 191 Å². The van der Waals surface area contributed by atoms with E-state index in [1.165, 1.54) is 11.2 Å². The van der Waals surface area contributed by atoms with Crippen molar-refractivity contribution in [2.24, 2.45) is 11.5 Å². The van der Waals surface area contributed by atoms with E-state index in [4.69, 9.17) is 21.7 Å². The molecule has 0 saturated carbocycles. The Bertz CT molecular complexity index is 803. The van der Waals surface area contributed by atoms with E-state index in [1.807, 2.05) is 0 Å². The number of nitrogens with two attached hydrogens (primary N) is 2. The maximum atomic E-state index is 13.3. The van der Waals surface area contributed by atoms with Gasteiger partial charge in [0.25, 0.3) is 0 Å². The lowest BCUT2D eigenvalue weighted by atomic mass is 10.1. The first-order chi connectivity index (χ1) is 15.8. The van der Waals surface area contributed by atoms with Crippen LogP contribution < -0.4 is 22.1 Å². The number of carbonyl (C=O) groups is 4. The van der Waals surface area contributed by atoms with Gasteiger partial charge in [0.15, 0.2) is 0 Å². The monoisotopic (exact) mass is 467 g/mol. The van der Waals surface area contributed by atoms with Gasteiger partial charge >= 0.3 is 5.97 Å². The molecule has 0 spiro atoms. The maximum absolute atomic E-state index is 13.3. The van der Waals surface area contributed by atoms with Crippen LogP contribution in [0.3, 0.4) is 0 Å². The van der Waals surface area contributed by atoms with E-state index in [-0.39, 0.29) is 13.0 Å². The van der Waals surface area contributed by atoms with Crippen LogP contribution in [0.4, 0.5) is 0 Å². The number of H-pyrrole nitrogens is 1. The number of aromatic amines is 1. The summed E-state index contributed by atoms with van der Waals surface area (Å²) in [7, 11) is 0. The minimum Gasteiger partial charge on any atom is -0.480 e. The Kier molecular flexibility index (Phi) is 10.2. The van der Waals surface area contributed by atoms with E-state index in [0.717, 1.165) is 0 Å². The lowest BCUT2D eigenvalue weighted by molar-refractivity contribution is -0.145. The van der Waals surface area contributed by atoms with Gasteiger partial charge in [-0.25, -0.2) is 9.78 Å². The number of amides is 3. The fraction of sp³-hybridized carbons (Fsp3) is 0.650. The third kappa shape index (κ3) is 7.51. The summed E-state index contributed by atoms with van der Waals surface area (Å²) in [4.78, 5) is 57.8. The van der Waals surface area contributed by atoms with Crippen molar-refractivity contribution >= 4 is 23.7 Å². The van der Waals surface area contributed by atoms with Crippen molar-refractivity contribution < 1.29 is 29.4 Å². The number of nitrogens with one attached hydrogen (secondary N) is 3. The lowest BCUT2D eigenvalue weighted by Gasteiger charge is -2.30. The van der Waals surface area contributed by atoms with Crippen molar-refractivity contribution in [2.45, 2.75) is 62.7 Å². The number of aromatic nitrogens is 2. The molecule has 3 amide bonds. The number of carboxylic acid groups (broad SMARTS) is 1. The number of imidazole rings is 1. The number of hydrogen-bond donors (Lipinski definition) is 7. The molecule has 2 heterocycles.